The fraction of sp³-hybridized carbons (Fsp3) is 0.625. The summed E-state index contributed by atoms with van der Waals surface area (Å²) in [6.07, 6.45) is -1.06. The van der Waals surface area contributed by atoms with Gasteiger partial charge < -0.3 is 10.1 Å². The SMILES string of the molecule is Cl.FC(F)(F)Oc1cccc(CN2CCC3(CCNCC3)C2)c1. The number of hydrogen-bond donors (Lipinski definition) is 1. The van der Waals surface area contributed by atoms with Gasteiger partial charge in [0.2, 0.25) is 0 Å². The lowest BCUT2D eigenvalue weighted by atomic mass is 9.78. The summed E-state index contributed by atoms with van der Waals surface area (Å²) in [6.45, 7) is 4.89. The highest BCUT2D eigenvalue weighted by Gasteiger charge is 2.38. The standard InChI is InChI=1S/C16H21F3N2O.ClH/c17-16(18,19)22-14-3-1-2-13(10-14)11-21-9-6-15(12-21)4-7-20-8-5-15;/h1-3,10,20H,4-9,11-12H2;1H. The molecule has 2 aliphatic heterocycles. The van der Waals surface area contributed by atoms with Crippen molar-refractivity contribution in [1.82, 2.24) is 10.2 Å². The summed E-state index contributed by atoms with van der Waals surface area (Å²) in [4.78, 5) is 2.35. The molecule has 2 heterocycles. The molecular weight excluding hydrogens is 329 g/mol. The molecule has 3 rings (SSSR count). The van der Waals surface area contributed by atoms with Crippen LogP contribution in [0.3, 0.4) is 0 Å². The smallest absolute Gasteiger partial charge is 0.406 e. The van der Waals surface area contributed by atoms with Crippen LogP contribution in [0.25, 0.3) is 0 Å². The molecule has 2 aliphatic rings. The number of benzene rings is 1. The first kappa shape index (κ1) is 18.4. The van der Waals surface area contributed by atoms with Gasteiger partial charge in [-0.15, -0.1) is 25.6 Å². The second kappa shape index (κ2) is 7.28. The van der Waals surface area contributed by atoms with Gasteiger partial charge in [0, 0.05) is 13.1 Å². The van der Waals surface area contributed by atoms with E-state index in [2.05, 4.69) is 15.0 Å². The van der Waals surface area contributed by atoms with Crippen LogP contribution in [0.1, 0.15) is 24.8 Å². The minimum Gasteiger partial charge on any atom is -0.406 e. The molecule has 2 saturated heterocycles. The van der Waals surface area contributed by atoms with Gasteiger partial charge in [0.1, 0.15) is 5.75 Å². The van der Waals surface area contributed by atoms with Gasteiger partial charge in [-0.3, -0.25) is 4.90 Å². The van der Waals surface area contributed by atoms with E-state index >= 15 is 0 Å². The van der Waals surface area contributed by atoms with Crippen molar-refractivity contribution < 1.29 is 17.9 Å². The van der Waals surface area contributed by atoms with Gasteiger partial charge in [-0.2, -0.15) is 0 Å². The second-order valence-electron chi connectivity index (χ2n) is 6.41. The summed E-state index contributed by atoms with van der Waals surface area (Å²) in [5, 5.41) is 3.39. The number of likely N-dealkylation sites (tertiary alicyclic amines) is 1. The fourth-order valence-electron chi connectivity index (χ4n) is 3.63. The first-order chi connectivity index (χ1) is 10.4. The largest absolute Gasteiger partial charge is 0.573 e. The average Bonchev–Trinajstić information content (AvgIpc) is 2.80. The highest BCUT2D eigenvalue weighted by atomic mass is 35.5. The maximum absolute atomic E-state index is 12.3. The number of halogens is 4. The molecule has 23 heavy (non-hydrogen) atoms. The maximum Gasteiger partial charge on any atom is 0.573 e. The molecule has 3 nitrogen and oxygen atoms in total. The zero-order valence-corrected chi connectivity index (χ0v) is 13.7. The van der Waals surface area contributed by atoms with Gasteiger partial charge in [0.05, 0.1) is 0 Å². The van der Waals surface area contributed by atoms with Crippen molar-refractivity contribution in [3.05, 3.63) is 29.8 Å². The number of nitrogens with zero attached hydrogens (tertiary/aromatic N) is 1. The Bertz CT molecular complexity index is 518. The molecule has 1 spiro atoms. The molecule has 0 radical (unpaired) electrons. The minimum absolute atomic E-state index is 0. The van der Waals surface area contributed by atoms with Gasteiger partial charge in [0.15, 0.2) is 0 Å². The Morgan fingerprint density at radius 2 is 1.91 bits per heavy atom. The van der Waals surface area contributed by atoms with Crippen LogP contribution >= 0.6 is 12.4 Å². The molecule has 0 saturated carbocycles. The average molecular weight is 351 g/mol. The molecule has 0 bridgehead atoms. The van der Waals surface area contributed by atoms with Crippen LogP contribution in [0.2, 0.25) is 0 Å². The molecule has 0 unspecified atom stereocenters. The van der Waals surface area contributed by atoms with Crippen LogP contribution in [0.15, 0.2) is 24.3 Å². The molecule has 2 fully saturated rings. The van der Waals surface area contributed by atoms with E-state index in [1.807, 2.05) is 6.07 Å². The number of piperidine rings is 1. The molecule has 1 N–H and O–H groups in total. The molecule has 0 amide bonds. The molecule has 130 valence electrons. The monoisotopic (exact) mass is 350 g/mol. The van der Waals surface area contributed by atoms with Gasteiger partial charge in [0.25, 0.3) is 0 Å². The molecular formula is C16H22ClF3N2O. The first-order valence-corrected chi connectivity index (χ1v) is 7.72. The highest BCUT2D eigenvalue weighted by molar-refractivity contribution is 5.85. The van der Waals surface area contributed by atoms with E-state index in [1.165, 1.54) is 31.4 Å². The summed E-state index contributed by atoms with van der Waals surface area (Å²) >= 11 is 0. The summed E-state index contributed by atoms with van der Waals surface area (Å²) in [5.41, 5.74) is 1.28. The van der Waals surface area contributed by atoms with Crippen molar-refractivity contribution in [2.45, 2.75) is 32.2 Å². The van der Waals surface area contributed by atoms with Crippen LogP contribution in [-0.4, -0.2) is 37.4 Å². The Morgan fingerprint density at radius 1 is 1.17 bits per heavy atom. The predicted molar refractivity (Wildman–Crippen MR) is 84.8 cm³/mol. The lowest BCUT2D eigenvalue weighted by Crippen LogP contribution is -2.38. The molecule has 0 atom stereocenters. The third kappa shape index (κ3) is 4.99. The van der Waals surface area contributed by atoms with Gasteiger partial charge in [-0.1, -0.05) is 12.1 Å². The number of alkyl halides is 3. The topological polar surface area (TPSA) is 24.5 Å². The third-order valence-electron chi connectivity index (χ3n) is 4.72. The van der Waals surface area contributed by atoms with E-state index in [-0.39, 0.29) is 18.2 Å². The van der Waals surface area contributed by atoms with E-state index in [0.717, 1.165) is 31.7 Å². The van der Waals surface area contributed by atoms with Gasteiger partial charge in [-0.05, 0) is 62.0 Å². The molecule has 7 heteroatoms. The Balaban J connectivity index is 0.00000192. The highest BCUT2D eigenvalue weighted by Crippen LogP contribution is 2.39. The van der Waals surface area contributed by atoms with E-state index in [0.29, 0.717) is 12.0 Å². The van der Waals surface area contributed by atoms with E-state index in [4.69, 9.17) is 0 Å². The summed E-state index contributed by atoms with van der Waals surface area (Å²) < 4.78 is 40.8. The van der Waals surface area contributed by atoms with Crippen LogP contribution in [-0.2, 0) is 6.54 Å². The molecule has 1 aromatic rings. The van der Waals surface area contributed by atoms with E-state index in [1.54, 1.807) is 6.07 Å². The lowest BCUT2D eigenvalue weighted by molar-refractivity contribution is -0.274. The fourth-order valence-corrected chi connectivity index (χ4v) is 3.63. The van der Waals surface area contributed by atoms with Crippen molar-refractivity contribution in [3.63, 3.8) is 0 Å². The molecule has 0 aromatic heterocycles. The Morgan fingerprint density at radius 3 is 2.61 bits per heavy atom. The summed E-state index contributed by atoms with van der Waals surface area (Å²) in [6, 6.07) is 6.31. The number of hydrogen-bond acceptors (Lipinski definition) is 3. The molecule has 0 aliphatic carbocycles. The summed E-state index contributed by atoms with van der Waals surface area (Å²) in [7, 11) is 0. The van der Waals surface area contributed by atoms with Crippen molar-refractivity contribution in [2.75, 3.05) is 26.2 Å². The zero-order chi connectivity index (χ0) is 15.6. The summed E-state index contributed by atoms with van der Waals surface area (Å²) in [5.74, 6) is -0.138. The van der Waals surface area contributed by atoms with Crippen LogP contribution < -0.4 is 10.1 Å². The van der Waals surface area contributed by atoms with E-state index < -0.39 is 6.36 Å². The quantitative estimate of drug-likeness (QED) is 0.901. The van der Waals surface area contributed by atoms with Gasteiger partial charge in [-0.25, -0.2) is 0 Å². The minimum atomic E-state index is -4.63. The van der Waals surface area contributed by atoms with E-state index in [9.17, 15) is 13.2 Å². The second-order valence-corrected chi connectivity index (χ2v) is 6.41. The number of ether oxygens (including phenoxy) is 1. The molecule has 1 aromatic carbocycles. The van der Waals surface area contributed by atoms with Crippen molar-refractivity contribution in [2.24, 2.45) is 5.41 Å². The Hall–Kier alpha value is -0.980. The Labute approximate surface area is 140 Å². The van der Waals surface area contributed by atoms with Gasteiger partial charge >= 0.3 is 6.36 Å². The van der Waals surface area contributed by atoms with Crippen LogP contribution in [0.5, 0.6) is 5.75 Å². The lowest BCUT2D eigenvalue weighted by Gasteiger charge is -2.34. The van der Waals surface area contributed by atoms with Crippen molar-refractivity contribution in [1.29, 1.82) is 0 Å². The zero-order valence-electron chi connectivity index (χ0n) is 12.9. The number of rotatable bonds is 3. The van der Waals surface area contributed by atoms with Crippen molar-refractivity contribution >= 4 is 12.4 Å². The third-order valence-corrected chi connectivity index (χ3v) is 4.72. The maximum atomic E-state index is 12.3. The normalized spacial score (nSPS) is 21.2. The Kier molecular flexibility index (Phi) is 5.81. The predicted octanol–water partition coefficient (Wildman–Crippen LogP) is 3.58. The van der Waals surface area contributed by atoms with Crippen LogP contribution in [0.4, 0.5) is 13.2 Å². The van der Waals surface area contributed by atoms with Crippen molar-refractivity contribution in [3.8, 4) is 5.75 Å². The van der Waals surface area contributed by atoms with Crippen LogP contribution in [0, 0.1) is 5.41 Å². The first-order valence-electron chi connectivity index (χ1n) is 7.72. The number of nitrogens with one attached hydrogen (secondary N) is 1.